The van der Waals surface area contributed by atoms with Crippen molar-refractivity contribution in [3.8, 4) is 11.3 Å². The van der Waals surface area contributed by atoms with Gasteiger partial charge in [0.15, 0.2) is 5.65 Å². The van der Waals surface area contributed by atoms with E-state index in [2.05, 4.69) is 48.4 Å². The fourth-order valence-electron chi connectivity index (χ4n) is 3.55. The Morgan fingerprint density at radius 3 is 2.77 bits per heavy atom. The van der Waals surface area contributed by atoms with E-state index in [1.54, 1.807) is 17.5 Å². The number of nitrogens with two attached hydrogens (primary N) is 2. The van der Waals surface area contributed by atoms with Gasteiger partial charge < -0.3 is 16.8 Å². The van der Waals surface area contributed by atoms with Gasteiger partial charge in [0.25, 0.3) is 0 Å². The maximum atomic E-state index is 5.63. The number of aromatic amines is 1. The highest BCUT2D eigenvalue weighted by Gasteiger charge is 2.10. The van der Waals surface area contributed by atoms with E-state index in [4.69, 9.17) is 11.5 Å². The summed E-state index contributed by atoms with van der Waals surface area (Å²) in [4.78, 5) is 8.17. The molecule has 0 atom stereocenters. The molecule has 4 aromatic rings. The van der Waals surface area contributed by atoms with Gasteiger partial charge in [-0.05, 0) is 47.4 Å². The van der Waals surface area contributed by atoms with Gasteiger partial charge in [-0.25, -0.2) is 4.98 Å². The maximum Gasteiger partial charge on any atom is 0.222 e. The van der Waals surface area contributed by atoms with E-state index >= 15 is 0 Å². The summed E-state index contributed by atoms with van der Waals surface area (Å²) < 4.78 is 0. The third kappa shape index (κ3) is 5.14. The first-order valence-corrected chi connectivity index (χ1v) is 11.2. The Morgan fingerprint density at radius 2 is 2.03 bits per heavy atom. The number of H-pyrrole nitrogens is 1. The van der Waals surface area contributed by atoms with Crippen LogP contribution in [0.5, 0.6) is 0 Å². The first-order chi connectivity index (χ1) is 14.7. The van der Waals surface area contributed by atoms with Gasteiger partial charge in [-0.2, -0.15) is 21.4 Å². The number of benzene rings is 1. The normalized spacial score (nSPS) is 14.3. The van der Waals surface area contributed by atoms with E-state index in [0.717, 1.165) is 28.9 Å². The van der Waals surface area contributed by atoms with Crippen LogP contribution in [0.2, 0.25) is 0 Å². The molecule has 0 spiro atoms. The van der Waals surface area contributed by atoms with Gasteiger partial charge in [-0.1, -0.05) is 31.4 Å². The van der Waals surface area contributed by atoms with Crippen molar-refractivity contribution in [2.45, 2.75) is 44.7 Å². The zero-order chi connectivity index (χ0) is 20.8. The standard InChI is InChI=1S/C16H14N6S.C6H13N/c17-16-19-8-13-14(21-22-15(13)20-16)11-2-1-3-12(6-11)18-7-10-4-5-23-9-10;7-6-4-2-1-3-5-6/h1-6,8-9,18H,7H2,(H3,17,19,20,21,22);6H,1-5,7H2. The third-order valence-electron chi connectivity index (χ3n) is 5.21. The molecule has 5 rings (SSSR count). The molecular weight excluding hydrogens is 394 g/mol. The van der Waals surface area contributed by atoms with E-state index in [0.29, 0.717) is 11.7 Å². The number of aromatic nitrogens is 4. The summed E-state index contributed by atoms with van der Waals surface area (Å²) >= 11 is 1.70. The fraction of sp³-hybridized carbons (Fsp3) is 0.318. The van der Waals surface area contributed by atoms with Crippen molar-refractivity contribution in [3.63, 3.8) is 0 Å². The van der Waals surface area contributed by atoms with E-state index in [1.165, 1.54) is 37.7 Å². The Balaban J connectivity index is 0.000000265. The molecule has 156 valence electrons. The average molecular weight is 422 g/mol. The third-order valence-corrected chi connectivity index (χ3v) is 5.94. The monoisotopic (exact) mass is 421 g/mol. The minimum atomic E-state index is 0.224. The fourth-order valence-corrected chi connectivity index (χ4v) is 4.22. The van der Waals surface area contributed by atoms with E-state index in [9.17, 15) is 0 Å². The maximum absolute atomic E-state index is 5.63. The first kappa shape index (κ1) is 20.3. The molecule has 1 aromatic carbocycles. The van der Waals surface area contributed by atoms with Gasteiger partial charge in [0, 0.05) is 30.0 Å². The Hall–Kier alpha value is -2.97. The Kier molecular flexibility index (Phi) is 6.56. The van der Waals surface area contributed by atoms with Gasteiger partial charge in [0.1, 0.15) is 0 Å². The second kappa shape index (κ2) is 9.69. The van der Waals surface area contributed by atoms with Crippen LogP contribution in [0.3, 0.4) is 0 Å². The Bertz CT molecular complexity index is 1070. The van der Waals surface area contributed by atoms with Crippen LogP contribution in [0.25, 0.3) is 22.3 Å². The number of hydrogen-bond acceptors (Lipinski definition) is 7. The highest BCUT2D eigenvalue weighted by Crippen LogP contribution is 2.27. The van der Waals surface area contributed by atoms with Gasteiger partial charge >= 0.3 is 0 Å². The predicted molar refractivity (Wildman–Crippen MR) is 124 cm³/mol. The topological polar surface area (TPSA) is 119 Å². The lowest BCUT2D eigenvalue weighted by atomic mass is 9.97. The van der Waals surface area contributed by atoms with Gasteiger partial charge in [0.2, 0.25) is 5.95 Å². The van der Waals surface area contributed by atoms with Crippen LogP contribution in [-0.2, 0) is 6.54 Å². The zero-order valence-corrected chi connectivity index (χ0v) is 17.7. The first-order valence-electron chi connectivity index (χ1n) is 10.3. The number of nitrogen functional groups attached to an aromatic ring is 1. The van der Waals surface area contributed by atoms with Crippen molar-refractivity contribution in [2.75, 3.05) is 11.1 Å². The number of anilines is 2. The minimum Gasteiger partial charge on any atom is -0.381 e. The average Bonchev–Trinajstić information content (AvgIpc) is 3.43. The quantitative estimate of drug-likeness (QED) is 0.384. The predicted octanol–water partition coefficient (Wildman–Crippen LogP) is 4.55. The van der Waals surface area contributed by atoms with Gasteiger partial charge in [0.05, 0.1) is 11.1 Å². The molecule has 7 nitrogen and oxygen atoms in total. The molecule has 1 aliphatic rings. The molecule has 0 unspecified atom stereocenters. The van der Waals surface area contributed by atoms with Crippen molar-refractivity contribution >= 4 is 34.0 Å². The number of nitrogens with zero attached hydrogens (tertiary/aromatic N) is 3. The molecule has 30 heavy (non-hydrogen) atoms. The van der Waals surface area contributed by atoms with Crippen molar-refractivity contribution in [1.82, 2.24) is 20.2 Å². The summed E-state index contributed by atoms with van der Waals surface area (Å²) in [7, 11) is 0. The number of hydrogen-bond donors (Lipinski definition) is 4. The van der Waals surface area contributed by atoms with E-state index in [-0.39, 0.29) is 5.95 Å². The SMILES string of the molecule is NC1CCCCC1.Nc1ncc2c(-c3cccc(NCc4ccsc4)c3)[nH]nc2n1. The van der Waals surface area contributed by atoms with Crippen LogP contribution in [0.1, 0.15) is 37.7 Å². The summed E-state index contributed by atoms with van der Waals surface area (Å²) in [5.74, 6) is 0.224. The van der Waals surface area contributed by atoms with Crippen LogP contribution < -0.4 is 16.8 Å². The lowest BCUT2D eigenvalue weighted by molar-refractivity contribution is 0.441. The molecule has 0 radical (unpaired) electrons. The zero-order valence-electron chi connectivity index (χ0n) is 16.8. The molecule has 3 heterocycles. The molecule has 3 aromatic heterocycles. The van der Waals surface area contributed by atoms with Crippen LogP contribution in [0.4, 0.5) is 11.6 Å². The number of rotatable bonds is 4. The van der Waals surface area contributed by atoms with Gasteiger partial charge in [-0.15, -0.1) is 0 Å². The second-order valence-corrected chi connectivity index (χ2v) is 8.31. The highest BCUT2D eigenvalue weighted by atomic mass is 32.1. The highest BCUT2D eigenvalue weighted by molar-refractivity contribution is 7.07. The largest absolute Gasteiger partial charge is 0.381 e. The number of thiophene rings is 1. The smallest absolute Gasteiger partial charge is 0.222 e. The Labute approximate surface area is 179 Å². The molecule has 1 saturated carbocycles. The van der Waals surface area contributed by atoms with Gasteiger partial charge in [-0.3, -0.25) is 5.10 Å². The lowest BCUT2D eigenvalue weighted by Crippen LogP contribution is -2.22. The molecule has 1 aliphatic carbocycles. The minimum absolute atomic E-state index is 0.224. The number of nitrogens with one attached hydrogen (secondary N) is 2. The summed E-state index contributed by atoms with van der Waals surface area (Å²) in [5.41, 5.74) is 16.0. The summed E-state index contributed by atoms with van der Waals surface area (Å²) in [6.07, 6.45) is 8.36. The number of fused-ring (bicyclic) bond motifs is 1. The van der Waals surface area contributed by atoms with Crippen molar-refractivity contribution in [3.05, 3.63) is 52.9 Å². The van der Waals surface area contributed by atoms with E-state index in [1.807, 2.05) is 18.2 Å². The van der Waals surface area contributed by atoms with Crippen molar-refractivity contribution in [2.24, 2.45) is 5.73 Å². The molecule has 0 bridgehead atoms. The summed E-state index contributed by atoms with van der Waals surface area (Å²) in [5, 5.41) is 15.7. The van der Waals surface area contributed by atoms with Crippen molar-refractivity contribution < 1.29 is 0 Å². The molecule has 8 heteroatoms. The molecule has 6 N–H and O–H groups in total. The van der Waals surface area contributed by atoms with Crippen LogP contribution in [0.15, 0.2) is 47.3 Å². The summed E-state index contributed by atoms with van der Waals surface area (Å²) in [6.45, 7) is 0.802. The molecular formula is C22H27N7S. The molecule has 0 aliphatic heterocycles. The lowest BCUT2D eigenvalue weighted by Gasteiger charge is -2.15. The second-order valence-electron chi connectivity index (χ2n) is 7.53. The van der Waals surface area contributed by atoms with Crippen LogP contribution >= 0.6 is 11.3 Å². The molecule has 0 saturated heterocycles. The van der Waals surface area contributed by atoms with Crippen LogP contribution in [0, 0.1) is 0 Å². The van der Waals surface area contributed by atoms with Crippen molar-refractivity contribution in [1.29, 1.82) is 0 Å². The Morgan fingerprint density at radius 1 is 1.17 bits per heavy atom. The molecule has 0 amide bonds. The van der Waals surface area contributed by atoms with E-state index < -0.39 is 0 Å². The van der Waals surface area contributed by atoms with Crippen LogP contribution in [-0.4, -0.2) is 26.2 Å². The summed E-state index contributed by atoms with van der Waals surface area (Å²) in [6, 6.07) is 10.8. The molecule has 1 fully saturated rings.